The number of nitrogens with one attached hydrogen (secondary N) is 1. The van der Waals surface area contributed by atoms with Crippen LogP contribution in [0.1, 0.15) is 22.5 Å². The molecule has 0 fully saturated rings. The lowest BCUT2D eigenvalue weighted by Gasteiger charge is -2.23. The van der Waals surface area contributed by atoms with Gasteiger partial charge in [-0.15, -0.1) is 24.0 Å². The van der Waals surface area contributed by atoms with Crippen LogP contribution in [-0.2, 0) is 19.6 Å². The van der Waals surface area contributed by atoms with Crippen molar-refractivity contribution in [2.24, 2.45) is 4.99 Å². The Labute approximate surface area is 184 Å². The molecular formula is C22H28IN5. The normalized spacial score (nSPS) is 11.0. The molecule has 0 aliphatic carbocycles. The highest BCUT2D eigenvalue weighted by atomic mass is 127. The standard InChI is InChI=1S/C22H27N5.HI/c1-18-9-7-8-12-20(18)17-26(3)22(23-2)25-15-21-24-13-14-27(21)16-19-10-5-4-6-11-19;/h4-14H,15-17H2,1-3H3,(H,23,25);1H. The highest BCUT2D eigenvalue weighted by molar-refractivity contribution is 14.0. The topological polar surface area (TPSA) is 45.5 Å². The third-order valence-electron chi connectivity index (χ3n) is 4.64. The Morgan fingerprint density at radius 1 is 1.11 bits per heavy atom. The number of rotatable bonds is 6. The van der Waals surface area contributed by atoms with Crippen LogP contribution in [0.3, 0.4) is 0 Å². The molecule has 6 heteroatoms. The van der Waals surface area contributed by atoms with E-state index < -0.39 is 0 Å². The number of aromatic nitrogens is 2. The van der Waals surface area contributed by atoms with Gasteiger partial charge in [-0.2, -0.15) is 0 Å². The highest BCUT2D eigenvalue weighted by Crippen LogP contribution is 2.10. The van der Waals surface area contributed by atoms with E-state index >= 15 is 0 Å². The van der Waals surface area contributed by atoms with Gasteiger partial charge in [-0.25, -0.2) is 4.98 Å². The van der Waals surface area contributed by atoms with Gasteiger partial charge in [-0.1, -0.05) is 54.6 Å². The van der Waals surface area contributed by atoms with Gasteiger partial charge < -0.3 is 14.8 Å². The summed E-state index contributed by atoms with van der Waals surface area (Å²) in [5.41, 5.74) is 3.85. The summed E-state index contributed by atoms with van der Waals surface area (Å²) in [5.74, 6) is 1.84. The third kappa shape index (κ3) is 5.82. The van der Waals surface area contributed by atoms with Crippen molar-refractivity contribution in [1.29, 1.82) is 0 Å². The first kappa shape index (κ1) is 21.9. The summed E-state index contributed by atoms with van der Waals surface area (Å²) >= 11 is 0. The molecule has 3 rings (SSSR count). The van der Waals surface area contributed by atoms with Crippen LogP contribution in [0.4, 0.5) is 0 Å². The minimum absolute atomic E-state index is 0. The van der Waals surface area contributed by atoms with Crippen molar-refractivity contribution in [2.75, 3.05) is 14.1 Å². The lowest BCUT2D eigenvalue weighted by Crippen LogP contribution is -2.38. The molecule has 0 unspecified atom stereocenters. The Morgan fingerprint density at radius 3 is 2.54 bits per heavy atom. The number of imidazole rings is 1. The van der Waals surface area contributed by atoms with Crippen molar-refractivity contribution in [2.45, 2.75) is 26.6 Å². The van der Waals surface area contributed by atoms with Crippen LogP contribution in [0, 0.1) is 6.92 Å². The Balaban J connectivity index is 0.00000280. The molecule has 0 saturated carbocycles. The first-order valence-electron chi connectivity index (χ1n) is 9.17. The molecule has 28 heavy (non-hydrogen) atoms. The van der Waals surface area contributed by atoms with Gasteiger partial charge in [0.05, 0.1) is 6.54 Å². The Bertz CT molecular complexity index is 889. The summed E-state index contributed by atoms with van der Waals surface area (Å²) in [4.78, 5) is 11.1. The molecule has 1 heterocycles. The summed E-state index contributed by atoms with van der Waals surface area (Å²) in [6.45, 7) is 4.39. The molecule has 3 aromatic rings. The summed E-state index contributed by atoms with van der Waals surface area (Å²) in [6.07, 6.45) is 3.86. The molecule has 0 atom stereocenters. The molecule has 1 N–H and O–H groups in total. The van der Waals surface area contributed by atoms with E-state index in [1.54, 1.807) is 0 Å². The fraction of sp³-hybridized carbons (Fsp3) is 0.273. The van der Waals surface area contributed by atoms with Crippen LogP contribution in [0.15, 0.2) is 72.0 Å². The van der Waals surface area contributed by atoms with E-state index in [1.807, 2.05) is 25.5 Å². The second-order valence-electron chi connectivity index (χ2n) is 6.64. The van der Waals surface area contributed by atoms with E-state index in [0.717, 1.165) is 24.9 Å². The minimum Gasteiger partial charge on any atom is -0.349 e. The second kappa shape index (κ2) is 10.8. The van der Waals surface area contributed by atoms with Gasteiger partial charge in [0, 0.05) is 39.6 Å². The number of aliphatic imine (C=N–C) groups is 1. The molecule has 148 valence electrons. The summed E-state index contributed by atoms with van der Waals surface area (Å²) < 4.78 is 2.16. The Hall–Kier alpha value is -2.35. The van der Waals surface area contributed by atoms with Gasteiger partial charge >= 0.3 is 0 Å². The van der Waals surface area contributed by atoms with Crippen LogP contribution < -0.4 is 5.32 Å². The first-order chi connectivity index (χ1) is 13.2. The van der Waals surface area contributed by atoms with Crippen molar-refractivity contribution in [1.82, 2.24) is 19.8 Å². The maximum Gasteiger partial charge on any atom is 0.194 e. The zero-order valence-electron chi connectivity index (χ0n) is 16.7. The summed E-state index contributed by atoms with van der Waals surface area (Å²) in [6, 6.07) is 18.9. The van der Waals surface area contributed by atoms with Crippen molar-refractivity contribution in [3.05, 3.63) is 89.5 Å². The molecule has 0 spiro atoms. The maximum absolute atomic E-state index is 4.50. The van der Waals surface area contributed by atoms with E-state index in [9.17, 15) is 0 Å². The van der Waals surface area contributed by atoms with E-state index in [-0.39, 0.29) is 24.0 Å². The van der Waals surface area contributed by atoms with Crippen molar-refractivity contribution in [3.8, 4) is 0 Å². The average Bonchev–Trinajstić information content (AvgIpc) is 3.12. The molecule has 2 aromatic carbocycles. The van der Waals surface area contributed by atoms with Crippen LogP contribution in [-0.4, -0.2) is 34.5 Å². The Morgan fingerprint density at radius 2 is 1.82 bits per heavy atom. The molecule has 0 aliphatic rings. The molecule has 0 bridgehead atoms. The number of halogens is 1. The first-order valence-corrected chi connectivity index (χ1v) is 9.17. The van der Waals surface area contributed by atoms with Gasteiger partial charge in [0.25, 0.3) is 0 Å². The van der Waals surface area contributed by atoms with Gasteiger partial charge in [-0.05, 0) is 23.6 Å². The Kier molecular flexibility index (Phi) is 8.50. The molecular weight excluding hydrogens is 461 g/mol. The fourth-order valence-electron chi connectivity index (χ4n) is 3.09. The number of hydrogen-bond donors (Lipinski definition) is 1. The number of nitrogens with zero attached hydrogens (tertiary/aromatic N) is 4. The predicted octanol–water partition coefficient (Wildman–Crippen LogP) is 4.07. The van der Waals surface area contributed by atoms with Gasteiger partial charge in [0.15, 0.2) is 5.96 Å². The van der Waals surface area contributed by atoms with Crippen LogP contribution in [0.5, 0.6) is 0 Å². The van der Waals surface area contributed by atoms with Gasteiger partial charge in [0.1, 0.15) is 5.82 Å². The summed E-state index contributed by atoms with van der Waals surface area (Å²) in [5, 5.41) is 3.43. The third-order valence-corrected chi connectivity index (χ3v) is 4.64. The quantitative estimate of drug-likeness (QED) is 0.323. The van der Waals surface area contributed by atoms with E-state index in [1.165, 1.54) is 16.7 Å². The second-order valence-corrected chi connectivity index (χ2v) is 6.64. The minimum atomic E-state index is 0. The number of benzene rings is 2. The average molecular weight is 489 g/mol. The van der Waals surface area contributed by atoms with Crippen molar-refractivity contribution in [3.63, 3.8) is 0 Å². The van der Waals surface area contributed by atoms with Crippen LogP contribution >= 0.6 is 24.0 Å². The highest BCUT2D eigenvalue weighted by Gasteiger charge is 2.10. The van der Waals surface area contributed by atoms with Crippen molar-refractivity contribution < 1.29 is 0 Å². The molecule has 5 nitrogen and oxygen atoms in total. The molecule has 0 amide bonds. The van der Waals surface area contributed by atoms with E-state index in [0.29, 0.717) is 6.54 Å². The largest absolute Gasteiger partial charge is 0.349 e. The zero-order chi connectivity index (χ0) is 19.1. The van der Waals surface area contributed by atoms with E-state index in [4.69, 9.17) is 0 Å². The molecule has 0 radical (unpaired) electrons. The van der Waals surface area contributed by atoms with Crippen LogP contribution in [0.2, 0.25) is 0 Å². The van der Waals surface area contributed by atoms with Gasteiger partial charge in [-0.3, -0.25) is 4.99 Å². The van der Waals surface area contributed by atoms with Crippen LogP contribution in [0.25, 0.3) is 0 Å². The fourth-order valence-corrected chi connectivity index (χ4v) is 3.09. The predicted molar refractivity (Wildman–Crippen MR) is 126 cm³/mol. The molecule has 0 saturated heterocycles. The number of aryl methyl sites for hydroxylation is 1. The molecule has 1 aromatic heterocycles. The van der Waals surface area contributed by atoms with Crippen molar-refractivity contribution >= 4 is 29.9 Å². The lowest BCUT2D eigenvalue weighted by molar-refractivity contribution is 0.473. The monoisotopic (exact) mass is 489 g/mol. The lowest BCUT2D eigenvalue weighted by atomic mass is 10.1. The summed E-state index contributed by atoms with van der Waals surface area (Å²) in [7, 11) is 3.87. The maximum atomic E-state index is 4.50. The number of guanidine groups is 1. The molecule has 0 aliphatic heterocycles. The SMILES string of the molecule is CN=C(NCc1nccn1Cc1ccccc1)N(C)Cc1ccccc1C.I. The van der Waals surface area contributed by atoms with Gasteiger partial charge in [0.2, 0.25) is 0 Å². The number of hydrogen-bond acceptors (Lipinski definition) is 2. The van der Waals surface area contributed by atoms with E-state index in [2.05, 4.69) is 87.3 Å². The smallest absolute Gasteiger partial charge is 0.194 e. The zero-order valence-corrected chi connectivity index (χ0v) is 19.0.